The second-order valence-electron chi connectivity index (χ2n) is 6.87. The van der Waals surface area contributed by atoms with Gasteiger partial charge >= 0.3 is 0 Å². The van der Waals surface area contributed by atoms with Gasteiger partial charge in [0.15, 0.2) is 0 Å². The van der Waals surface area contributed by atoms with Crippen LogP contribution in [0.1, 0.15) is 54.4 Å². The van der Waals surface area contributed by atoms with Crippen LogP contribution in [-0.4, -0.2) is 35.8 Å². The highest BCUT2D eigenvalue weighted by Gasteiger charge is 2.28. The molecule has 1 heterocycles. The molecule has 2 amide bonds. The fourth-order valence-corrected chi connectivity index (χ4v) is 3.72. The fourth-order valence-electron chi connectivity index (χ4n) is 3.72. The van der Waals surface area contributed by atoms with Crippen molar-refractivity contribution >= 4 is 11.8 Å². The zero-order valence-electron chi connectivity index (χ0n) is 13.9. The standard InChI is InChI=1S/C19H26N2O2/c1-14-6-2-5-9-17(14)19(23)21-12-10-16(11-13-21)20-18(22)15-7-3-4-8-15/h2,5-6,9,15-16H,3-4,7-8,10-13H2,1H3,(H,20,22). The summed E-state index contributed by atoms with van der Waals surface area (Å²) in [4.78, 5) is 26.7. The van der Waals surface area contributed by atoms with Crippen molar-refractivity contribution in [2.24, 2.45) is 5.92 Å². The normalized spacial score (nSPS) is 19.8. The van der Waals surface area contributed by atoms with Crippen LogP contribution in [0.25, 0.3) is 0 Å². The molecule has 3 rings (SSSR count). The van der Waals surface area contributed by atoms with Crippen LogP contribution in [0.5, 0.6) is 0 Å². The van der Waals surface area contributed by atoms with E-state index < -0.39 is 0 Å². The Kier molecular flexibility index (Phi) is 4.99. The number of benzene rings is 1. The summed E-state index contributed by atoms with van der Waals surface area (Å²) in [6.07, 6.45) is 6.15. The molecule has 0 bridgehead atoms. The van der Waals surface area contributed by atoms with Crippen molar-refractivity contribution < 1.29 is 9.59 Å². The maximum atomic E-state index is 12.6. The molecule has 1 N–H and O–H groups in total. The molecule has 1 saturated carbocycles. The number of aryl methyl sites for hydroxylation is 1. The second kappa shape index (κ2) is 7.16. The fraction of sp³-hybridized carbons (Fsp3) is 0.579. The van der Waals surface area contributed by atoms with Gasteiger partial charge in [-0.3, -0.25) is 9.59 Å². The van der Waals surface area contributed by atoms with Gasteiger partial charge in [-0.1, -0.05) is 31.0 Å². The maximum absolute atomic E-state index is 12.6. The van der Waals surface area contributed by atoms with Crippen LogP contribution >= 0.6 is 0 Å². The summed E-state index contributed by atoms with van der Waals surface area (Å²) >= 11 is 0. The van der Waals surface area contributed by atoms with Gasteiger partial charge in [-0.25, -0.2) is 0 Å². The molecule has 1 saturated heterocycles. The number of hydrogen-bond donors (Lipinski definition) is 1. The highest BCUT2D eigenvalue weighted by atomic mass is 16.2. The first-order valence-corrected chi connectivity index (χ1v) is 8.80. The number of nitrogens with zero attached hydrogens (tertiary/aromatic N) is 1. The summed E-state index contributed by atoms with van der Waals surface area (Å²) in [5.74, 6) is 0.566. The van der Waals surface area contributed by atoms with E-state index in [2.05, 4.69) is 5.32 Å². The molecule has 4 heteroatoms. The molecule has 124 valence electrons. The largest absolute Gasteiger partial charge is 0.353 e. The van der Waals surface area contributed by atoms with Gasteiger partial charge < -0.3 is 10.2 Å². The molecule has 4 nitrogen and oxygen atoms in total. The van der Waals surface area contributed by atoms with Crippen LogP contribution in [0, 0.1) is 12.8 Å². The molecule has 2 fully saturated rings. The Bertz CT molecular complexity index is 570. The van der Waals surface area contributed by atoms with Crippen LogP contribution in [0.3, 0.4) is 0 Å². The number of carbonyl (C=O) groups is 2. The van der Waals surface area contributed by atoms with Crippen LogP contribution in [-0.2, 0) is 4.79 Å². The number of carbonyl (C=O) groups excluding carboxylic acids is 2. The third-order valence-electron chi connectivity index (χ3n) is 5.23. The number of piperidine rings is 1. The van der Waals surface area contributed by atoms with Crippen LogP contribution in [0.2, 0.25) is 0 Å². The Morgan fingerprint density at radius 3 is 2.35 bits per heavy atom. The van der Waals surface area contributed by atoms with Crippen LogP contribution < -0.4 is 5.32 Å². The van der Waals surface area contributed by atoms with Gasteiger partial charge in [-0.15, -0.1) is 0 Å². The van der Waals surface area contributed by atoms with E-state index in [0.717, 1.165) is 49.9 Å². The Morgan fingerprint density at radius 2 is 1.70 bits per heavy atom. The van der Waals surface area contributed by atoms with E-state index in [4.69, 9.17) is 0 Å². The highest BCUT2D eigenvalue weighted by Crippen LogP contribution is 2.25. The topological polar surface area (TPSA) is 49.4 Å². The van der Waals surface area contributed by atoms with Crippen molar-refractivity contribution in [2.75, 3.05) is 13.1 Å². The lowest BCUT2D eigenvalue weighted by Gasteiger charge is -2.33. The number of amides is 2. The molecule has 1 aromatic rings. The Labute approximate surface area is 138 Å². The Balaban J connectivity index is 1.51. The zero-order chi connectivity index (χ0) is 16.2. The van der Waals surface area contributed by atoms with Gasteiger partial charge in [0, 0.05) is 30.6 Å². The van der Waals surface area contributed by atoms with Crippen LogP contribution in [0.4, 0.5) is 0 Å². The van der Waals surface area contributed by atoms with Gasteiger partial charge in [0.2, 0.25) is 5.91 Å². The molecule has 1 aliphatic carbocycles. The molecule has 0 aromatic heterocycles. The van der Waals surface area contributed by atoms with E-state index >= 15 is 0 Å². The minimum Gasteiger partial charge on any atom is -0.353 e. The lowest BCUT2D eigenvalue weighted by Crippen LogP contribution is -2.47. The van der Waals surface area contributed by atoms with Crippen molar-refractivity contribution in [1.82, 2.24) is 10.2 Å². The minimum absolute atomic E-state index is 0.115. The average molecular weight is 314 g/mol. The maximum Gasteiger partial charge on any atom is 0.254 e. The molecule has 2 aliphatic rings. The van der Waals surface area contributed by atoms with Gasteiger partial charge in [0.1, 0.15) is 0 Å². The zero-order valence-corrected chi connectivity index (χ0v) is 13.9. The third kappa shape index (κ3) is 3.74. The predicted octanol–water partition coefficient (Wildman–Crippen LogP) is 2.91. The molecule has 1 aromatic carbocycles. The van der Waals surface area contributed by atoms with Crippen molar-refractivity contribution in [2.45, 2.75) is 51.5 Å². The van der Waals surface area contributed by atoms with Crippen molar-refractivity contribution in [3.63, 3.8) is 0 Å². The number of hydrogen-bond acceptors (Lipinski definition) is 2. The van der Waals surface area contributed by atoms with E-state index in [1.165, 1.54) is 12.8 Å². The second-order valence-corrected chi connectivity index (χ2v) is 6.87. The van der Waals surface area contributed by atoms with Gasteiger partial charge in [-0.2, -0.15) is 0 Å². The average Bonchev–Trinajstić information content (AvgIpc) is 3.10. The minimum atomic E-state index is 0.115. The molecule has 23 heavy (non-hydrogen) atoms. The monoisotopic (exact) mass is 314 g/mol. The van der Waals surface area contributed by atoms with Gasteiger partial charge in [0.05, 0.1) is 0 Å². The van der Waals surface area contributed by atoms with Gasteiger partial charge in [-0.05, 0) is 44.2 Å². The summed E-state index contributed by atoms with van der Waals surface area (Å²) in [5.41, 5.74) is 1.81. The van der Waals surface area contributed by atoms with E-state index in [-0.39, 0.29) is 23.8 Å². The highest BCUT2D eigenvalue weighted by molar-refractivity contribution is 5.95. The molecular weight excluding hydrogens is 288 g/mol. The van der Waals surface area contributed by atoms with E-state index in [1.807, 2.05) is 36.1 Å². The van der Waals surface area contributed by atoms with Crippen molar-refractivity contribution in [3.8, 4) is 0 Å². The van der Waals surface area contributed by atoms with Gasteiger partial charge in [0.25, 0.3) is 5.91 Å². The molecule has 0 unspecified atom stereocenters. The summed E-state index contributed by atoms with van der Waals surface area (Å²) in [6.45, 7) is 3.42. The lowest BCUT2D eigenvalue weighted by atomic mass is 10.0. The summed E-state index contributed by atoms with van der Waals surface area (Å²) in [5, 5.41) is 3.19. The molecule has 0 atom stereocenters. The molecule has 0 radical (unpaired) electrons. The molecule has 0 spiro atoms. The molecule has 1 aliphatic heterocycles. The lowest BCUT2D eigenvalue weighted by molar-refractivity contribution is -0.125. The van der Waals surface area contributed by atoms with E-state index in [0.29, 0.717) is 0 Å². The van der Waals surface area contributed by atoms with Crippen molar-refractivity contribution in [3.05, 3.63) is 35.4 Å². The predicted molar refractivity (Wildman–Crippen MR) is 90.2 cm³/mol. The Morgan fingerprint density at radius 1 is 1.04 bits per heavy atom. The first-order valence-electron chi connectivity index (χ1n) is 8.80. The van der Waals surface area contributed by atoms with Crippen LogP contribution in [0.15, 0.2) is 24.3 Å². The quantitative estimate of drug-likeness (QED) is 0.932. The number of nitrogens with one attached hydrogen (secondary N) is 1. The molecular formula is C19H26N2O2. The van der Waals surface area contributed by atoms with E-state index in [1.54, 1.807) is 0 Å². The van der Waals surface area contributed by atoms with Crippen molar-refractivity contribution in [1.29, 1.82) is 0 Å². The third-order valence-corrected chi connectivity index (χ3v) is 5.23. The summed E-state index contributed by atoms with van der Waals surface area (Å²) in [7, 11) is 0. The summed E-state index contributed by atoms with van der Waals surface area (Å²) < 4.78 is 0. The number of likely N-dealkylation sites (tertiary alicyclic amines) is 1. The van der Waals surface area contributed by atoms with E-state index in [9.17, 15) is 9.59 Å². The first kappa shape index (κ1) is 16.0. The SMILES string of the molecule is Cc1ccccc1C(=O)N1CCC(NC(=O)C2CCCC2)CC1. The summed E-state index contributed by atoms with van der Waals surface area (Å²) in [6, 6.07) is 7.96. The smallest absolute Gasteiger partial charge is 0.254 e. The Hall–Kier alpha value is -1.84. The number of rotatable bonds is 3. The first-order chi connectivity index (χ1) is 11.1.